The van der Waals surface area contributed by atoms with E-state index in [0.29, 0.717) is 27.5 Å². The number of hydrogen-bond donors (Lipinski definition) is 0. The predicted octanol–water partition coefficient (Wildman–Crippen LogP) is 4.35. The van der Waals surface area contributed by atoms with E-state index >= 15 is 0 Å². The zero-order chi connectivity index (χ0) is 19.7. The highest BCUT2D eigenvalue weighted by molar-refractivity contribution is 7.13. The van der Waals surface area contributed by atoms with Gasteiger partial charge in [0, 0.05) is 17.0 Å². The molecule has 0 saturated carbocycles. The smallest absolute Gasteiger partial charge is 0.350 e. The van der Waals surface area contributed by atoms with Gasteiger partial charge in [0.05, 0.1) is 16.4 Å². The summed E-state index contributed by atoms with van der Waals surface area (Å²) in [6.45, 7) is 6.69. The van der Waals surface area contributed by atoms with Crippen LogP contribution in [0.15, 0.2) is 30.3 Å². The minimum absolute atomic E-state index is 0.335. The number of thiazole rings is 1. The fraction of sp³-hybridized carbons (Fsp3) is 0.250. The molecule has 0 spiro atoms. The number of esters is 1. The van der Waals surface area contributed by atoms with E-state index in [1.807, 2.05) is 0 Å². The van der Waals surface area contributed by atoms with Gasteiger partial charge in [-0.25, -0.2) is 14.2 Å². The summed E-state index contributed by atoms with van der Waals surface area (Å²) in [5.41, 5.74) is 2.69. The number of nitrogens with zero attached hydrogens (tertiary/aromatic N) is 2. The SMILES string of the molecule is Cc1nc(C)c(C(=O)OCC(=O)c2cc(C)n(-c3ccccc3F)c2C)s1. The topological polar surface area (TPSA) is 61.2 Å². The third-order valence-corrected chi connectivity index (χ3v) is 5.30. The molecule has 0 aliphatic carbocycles. The number of para-hydroxylation sites is 1. The van der Waals surface area contributed by atoms with Gasteiger partial charge in [-0.05, 0) is 45.9 Å². The molecule has 0 aliphatic rings. The minimum atomic E-state index is -0.561. The molecule has 2 aromatic heterocycles. The maximum absolute atomic E-state index is 14.1. The zero-order valence-electron chi connectivity index (χ0n) is 15.5. The van der Waals surface area contributed by atoms with Crippen molar-refractivity contribution in [3.05, 3.63) is 68.7 Å². The summed E-state index contributed by atoms with van der Waals surface area (Å²) in [5, 5.41) is 0.763. The summed E-state index contributed by atoms with van der Waals surface area (Å²) in [5.74, 6) is -1.27. The van der Waals surface area contributed by atoms with E-state index in [2.05, 4.69) is 4.98 Å². The van der Waals surface area contributed by atoms with Gasteiger partial charge < -0.3 is 9.30 Å². The maximum atomic E-state index is 14.1. The van der Waals surface area contributed by atoms with Crippen molar-refractivity contribution in [2.75, 3.05) is 6.61 Å². The Balaban J connectivity index is 1.80. The molecule has 0 radical (unpaired) electrons. The first kappa shape index (κ1) is 19.0. The summed E-state index contributed by atoms with van der Waals surface area (Å²) >= 11 is 1.24. The van der Waals surface area contributed by atoms with Crippen LogP contribution >= 0.6 is 11.3 Å². The van der Waals surface area contributed by atoms with E-state index in [9.17, 15) is 14.0 Å². The predicted molar refractivity (Wildman–Crippen MR) is 101 cm³/mol. The second-order valence-electron chi connectivity index (χ2n) is 6.22. The number of rotatable bonds is 5. The van der Waals surface area contributed by atoms with Gasteiger partial charge in [0.2, 0.25) is 5.78 Å². The number of ketones is 1. The van der Waals surface area contributed by atoms with Gasteiger partial charge >= 0.3 is 5.97 Å². The van der Waals surface area contributed by atoms with Crippen molar-refractivity contribution < 1.29 is 18.7 Å². The van der Waals surface area contributed by atoms with Crippen LogP contribution in [0.1, 0.15) is 42.1 Å². The van der Waals surface area contributed by atoms with Crippen LogP contribution in [0.25, 0.3) is 5.69 Å². The van der Waals surface area contributed by atoms with Crippen LogP contribution in [0, 0.1) is 33.5 Å². The molecule has 0 aliphatic heterocycles. The lowest BCUT2D eigenvalue weighted by atomic mass is 10.1. The largest absolute Gasteiger partial charge is 0.453 e. The van der Waals surface area contributed by atoms with E-state index in [0.717, 1.165) is 10.7 Å². The maximum Gasteiger partial charge on any atom is 0.350 e. The molecule has 0 saturated heterocycles. The summed E-state index contributed by atoms with van der Waals surface area (Å²) < 4.78 is 21.0. The minimum Gasteiger partial charge on any atom is -0.453 e. The third kappa shape index (κ3) is 3.68. The van der Waals surface area contributed by atoms with Crippen molar-refractivity contribution in [3.63, 3.8) is 0 Å². The monoisotopic (exact) mass is 386 g/mol. The highest BCUT2D eigenvalue weighted by atomic mass is 32.1. The number of aryl methyl sites for hydroxylation is 3. The number of hydrogen-bond acceptors (Lipinski definition) is 5. The summed E-state index contributed by atoms with van der Waals surface area (Å²) in [4.78, 5) is 29.3. The standard InChI is InChI=1S/C20H19FN2O3S/c1-11-9-15(13(3)23(11)17-8-6-5-7-16(17)21)18(24)10-26-20(25)19-12(2)22-14(4)27-19/h5-9H,10H2,1-4H3. The summed E-state index contributed by atoms with van der Waals surface area (Å²) in [7, 11) is 0. The van der Waals surface area contributed by atoms with Crippen LogP contribution in [0.4, 0.5) is 4.39 Å². The van der Waals surface area contributed by atoms with Crippen LogP contribution in [0.5, 0.6) is 0 Å². The third-order valence-electron chi connectivity index (χ3n) is 4.25. The average Bonchev–Trinajstić information content (AvgIpc) is 3.11. The number of Topliss-reactive ketones (excluding diaryl/α,β-unsaturated/α-hetero) is 1. The summed E-state index contributed by atoms with van der Waals surface area (Å²) in [6.07, 6.45) is 0. The quantitative estimate of drug-likeness (QED) is 0.483. The van der Waals surface area contributed by atoms with E-state index in [1.165, 1.54) is 17.4 Å². The van der Waals surface area contributed by atoms with Gasteiger partial charge in [0.1, 0.15) is 10.7 Å². The normalized spacial score (nSPS) is 10.9. The first-order valence-corrected chi connectivity index (χ1v) is 9.19. The van der Waals surface area contributed by atoms with Crippen LogP contribution in [0.3, 0.4) is 0 Å². The number of benzene rings is 1. The Morgan fingerprint density at radius 1 is 1.19 bits per heavy atom. The molecular weight excluding hydrogens is 367 g/mol. The lowest BCUT2D eigenvalue weighted by Gasteiger charge is -2.10. The van der Waals surface area contributed by atoms with Gasteiger partial charge in [-0.1, -0.05) is 12.1 Å². The molecule has 1 aromatic carbocycles. The number of aromatic nitrogens is 2. The molecule has 5 nitrogen and oxygen atoms in total. The average molecular weight is 386 g/mol. The Labute approximate surface area is 160 Å². The number of ether oxygens (including phenoxy) is 1. The highest BCUT2D eigenvalue weighted by Crippen LogP contribution is 2.23. The molecule has 0 unspecified atom stereocenters. The molecule has 140 valence electrons. The van der Waals surface area contributed by atoms with E-state index in [4.69, 9.17) is 4.74 Å². The van der Waals surface area contributed by atoms with Crippen LogP contribution in [-0.2, 0) is 4.74 Å². The lowest BCUT2D eigenvalue weighted by molar-refractivity contribution is 0.0478. The van der Waals surface area contributed by atoms with Crippen molar-refractivity contribution in [2.45, 2.75) is 27.7 Å². The molecule has 3 rings (SSSR count). The molecule has 7 heteroatoms. The molecular formula is C20H19FN2O3S. The van der Waals surface area contributed by atoms with Gasteiger partial charge in [-0.2, -0.15) is 0 Å². The highest BCUT2D eigenvalue weighted by Gasteiger charge is 2.21. The fourth-order valence-electron chi connectivity index (χ4n) is 3.04. The molecule has 27 heavy (non-hydrogen) atoms. The molecule has 0 amide bonds. The summed E-state index contributed by atoms with van der Waals surface area (Å²) in [6, 6.07) is 8.05. The van der Waals surface area contributed by atoms with E-state index in [-0.39, 0.29) is 18.2 Å². The molecule has 2 heterocycles. The van der Waals surface area contributed by atoms with Crippen molar-refractivity contribution in [2.24, 2.45) is 0 Å². The zero-order valence-corrected chi connectivity index (χ0v) is 16.3. The molecule has 3 aromatic rings. The molecule has 0 N–H and O–H groups in total. The first-order chi connectivity index (χ1) is 12.8. The number of carbonyl (C=O) groups is 2. The Bertz CT molecular complexity index is 1040. The van der Waals surface area contributed by atoms with Crippen LogP contribution in [0.2, 0.25) is 0 Å². The van der Waals surface area contributed by atoms with Crippen molar-refractivity contribution >= 4 is 23.1 Å². The number of carbonyl (C=O) groups excluding carboxylic acids is 2. The van der Waals surface area contributed by atoms with Crippen molar-refractivity contribution in [3.8, 4) is 5.69 Å². The second-order valence-corrected chi connectivity index (χ2v) is 7.42. The first-order valence-electron chi connectivity index (χ1n) is 8.37. The molecule has 0 bridgehead atoms. The van der Waals surface area contributed by atoms with Crippen molar-refractivity contribution in [1.29, 1.82) is 0 Å². The number of halogens is 1. The Kier molecular flexibility index (Phi) is 5.23. The lowest BCUT2D eigenvalue weighted by Crippen LogP contribution is -2.15. The molecule has 0 atom stereocenters. The Morgan fingerprint density at radius 3 is 2.52 bits per heavy atom. The van der Waals surface area contributed by atoms with Crippen LogP contribution < -0.4 is 0 Å². The van der Waals surface area contributed by atoms with Gasteiger partial charge in [0.15, 0.2) is 6.61 Å². The Morgan fingerprint density at radius 2 is 1.89 bits per heavy atom. The van der Waals surface area contributed by atoms with Gasteiger partial charge in [-0.3, -0.25) is 4.79 Å². The second kappa shape index (κ2) is 7.44. The molecule has 0 fully saturated rings. The van der Waals surface area contributed by atoms with E-state index in [1.54, 1.807) is 56.5 Å². The van der Waals surface area contributed by atoms with Crippen molar-refractivity contribution in [1.82, 2.24) is 9.55 Å². The fourth-order valence-corrected chi connectivity index (χ4v) is 3.86. The van der Waals surface area contributed by atoms with E-state index < -0.39 is 5.97 Å². The van der Waals surface area contributed by atoms with Gasteiger partial charge in [0.25, 0.3) is 0 Å². The van der Waals surface area contributed by atoms with Crippen LogP contribution in [-0.4, -0.2) is 27.9 Å². The Hall–Kier alpha value is -2.80. The van der Waals surface area contributed by atoms with Gasteiger partial charge in [-0.15, -0.1) is 11.3 Å².